The molecule has 0 bridgehead atoms. The fourth-order valence-electron chi connectivity index (χ4n) is 3.48. The maximum Gasteiger partial charge on any atom is 0.220 e. The zero-order chi connectivity index (χ0) is 24.3. The third kappa shape index (κ3) is 6.50. The number of benzene rings is 1. The molecule has 2 N–H and O–H groups in total. The minimum Gasteiger partial charge on any atom is -0.349 e. The fourth-order valence-corrected chi connectivity index (χ4v) is 3.48. The van der Waals surface area contributed by atoms with E-state index in [1.807, 2.05) is 47.3 Å². The fraction of sp³-hybridized carbons (Fsp3) is 0.391. The van der Waals surface area contributed by atoms with E-state index in [0.717, 1.165) is 47.6 Å². The third-order valence-electron chi connectivity index (χ3n) is 5.16. The molecule has 0 unspecified atom stereocenters. The van der Waals surface area contributed by atoms with Crippen molar-refractivity contribution in [3.8, 4) is 11.3 Å². The van der Waals surface area contributed by atoms with Crippen LogP contribution in [0.15, 0.2) is 58.1 Å². The van der Waals surface area contributed by atoms with E-state index in [-0.39, 0.29) is 0 Å². The summed E-state index contributed by atoms with van der Waals surface area (Å²) in [5.74, 6) is 7.24. The van der Waals surface area contributed by atoms with Gasteiger partial charge in [-0.15, -0.1) is 5.10 Å². The van der Waals surface area contributed by atoms with Gasteiger partial charge in [0, 0.05) is 45.7 Å². The van der Waals surface area contributed by atoms with E-state index in [9.17, 15) is 0 Å². The molecule has 0 spiro atoms. The SMILES string of the molecule is C=N/N=N\N(N)Cc1ccccc1-c1ccc(Cc2nc(C(OC)OC)nn2CCCC)cn1. The van der Waals surface area contributed by atoms with E-state index >= 15 is 0 Å². The molecular formula is C23H31N9O2. The number of aryl methyl sites for hydroxylation is 1. The summed E-state index contributed by atoms with van der Waals surface area (Å²) >= 11 is 0. The van der Waals surface area contributed by atoms with Crippen LogP contribution in [0, 0.1) is 0 Å². The Morgan fingerprint density at radius 1 is 1.18 bits per heavy atom. The van der Waals surface area contributed by atoms with Crippen molar-refractivity contribution in [3.05, 3.63) is 65.4 Å². The molecule has 3 rings (SSSR count). The highest BCUT2D eigenvalue weighted by atomic mass is 16.7. The molecule has 0 fully saturated rings. The van der Waals surface area contributed by atoms with Crippen LogP contribution >= 0.6 is 0 Å². The second-order valence-corrected chi connectivity index (χ2v) is 7.57. The molecule has 0 radical (unpaired) electrons. The van der Waals surface area contributed by atoms with Crippen LogP contribution in [0.4, 0.5) is 0 Å². The number of nitrogens with zero attached hydrogens (tertiary/aromatic N) is 8. The van der Waals surface area contributed by atoms with Gasteiger partial charge >= 0.3 is 0 Å². The van der Waals surface area contributed by atoms with Gasteiger partial charge in [-0.05, 0) is 34.1 Å². The lowest BCUT2D eigenvalue weighted by Gasteiger charge is -2.14. The van der Waals surface area contributed by atoms with Crippen molar-refractivity contribution in [1.82, 2.24) is 24.9 Å². The number of ether oxygens (including phenoxy) is 2. The topological polar surface area (TPSA) is 128 Å². The number of rotatable bonds is 13. The van der Waals surface area contributed by atoms with Crippen molar-refractivity contribution in [1.29, 1.82) is 0 Å². The highest BCUT2D eigenvalue weighted by Crippen LogP contribution is 2.24. The van der Waals surface area contributed by atoms with Crippen LogP contribution in [0.5, 0.6) is 0 Å². The van der Waals surface area contributed by atoms with Crippen LogP contribution in [0.1, 0.15) is 48.8 Å². The molecular weight excluding hydrogens is 434 g/mol. The van der Waals surface area contributed by atoms with Gasteiger partial charge in [-0.1, -0.05) is 43.7 Å². The molecule has 0 aliphatic carbocycles. The molecule has 0 atom stereocenters. The van der Waals surface area contributed by atoms with Crippen molar-refractivity contribution < 1.29 is 9.47 Å². The largest absolute Gasteiger partial charge is 0.349 e. The van der Waals surface area contributed by atoms with Crippen LogP contribution in [-0.4, -0.2) is 45.8 Å². The Balaban J connectivity index is 1.81. The predicted molar refractivity (Wildman–Crippen MR) is 128 cm³/mol. The molecule has 0 saturated heterocycles. The maximum atomic E-state index is 5.87. The zero-order valence-corrected chi connectivity index (χ0v) is 19.8. The molecule has 0 aliphatic heterocycles. The number of aromatic nitrogens is 4. The van der Waals surface area contributed by atoms with E-state index in [0.29, 0.717) is 18.8 Å². The summed E-state index contributed by atoms with van der Waals surface area (Å²) in [6.07, 6.45) is 3.93. The van der Waals surface area contributed by atoms with E-state index in [2.05, 4.69) is 39.3 Å². The van der Waals surface area contributed by atoms with Gasteiger partial charge < -0.3 is 9.47 Å². The summed E-state index contributed by atoms with van der Waals surface area (Å²) in [5, 5.41) is 16.4. The van der Waals surface area contributed by atoms with Gasteiger partial charge in [0.2, 0.25) is 12.1 Å². The minimum absolute atomic E-state index is 0.349. The van der Waals surface area contributed by atoms with Crippen LogP contribution < -0.4 is 5.84 Å². The second-order valence-electron chi connectivity index (χ2n) is 7.57. The number of methoxy groups -OCH3 is 2. The number of pyridine rings is 1. The zero-order valence-electron chi connectivity index (χ0n) is 19.8. The van der Waals surface area contributed by atoms with Gasteiger partial charge in [0.05, 0.1) is 12.2 Å². The molecule has 0 saturated carbocycles. The van der Waals surface area contributed by atoms with E-state index in [1.54, 1.807) is 14.2 Å². The molecule has 2 heterocycles. The van der Waals surface area contributed by atoms with Crippen molar-refractivity contribution in [2.45, 2.75) is 45.6 Å². The van der Waals surface area contributed by atoms with Crippen molar-refractivity contribution in [3.63, 3.8) is 0 Å². The molecule has 11 heteroatoms. The molecule has 2 aromatic heterocycles. The number of unbranched alkanes of at least 4 members (excludes halogenated alkanes) is 1. The van der Waals surface area contributed by atoms with Crippen LogP contribution in [-0.2, 0) is 29.0 Å². The Morgan fingerprint density at radius 2 is 1.97 bits per heavy atom. The Morgan fingerprint density at radius 3 is 2.65 bits per heavy atom. The number of nitrogens with two attached hydrogens (primary N) is 1. The highest BCUT2D eigenvalue weighted by molar-refractivity contribution is 5.63. The maximum absolute atomic E-state index is 5.87. The van der Waals surface area contributed by atoms with Crippen molar-refractivity contribution in [2.75, 3.05) is 14.2 Å². The van der Waals surface area contributed by atoms with E-state index < -0.39 is 6.29 Å². The van der Waals surface area contributed by atoms with Gasteiger partial charge in [0.1, 0.15) is 5.82 Å². The first-order valence-electron chi connectivity index (χ1n) is 11.0. The highest BCUT2D eigenvalue weighted by Gasteiger charge is 2.19. The predicted octanol–water partition coefficient (Wildman–Crippen LogP) is 3.68. The Bertz CT molecular complexity index is 1080. The smallest absolute Gasteiger partial charge is 0.220 e. The van der Waals surface area contributed by atoms with Gasteiger partial charge in [-0.2, -0.15) is 5.10 Å². The van der Waals surface area contributed by atoms with Gasteiger partial charge in [-0.25, -0.2) is 20.6 Å². The monoisotopic (exact) mass is 465 g/mol. The molecule has 1 aromatic carbocycles. The van der Waals surface area contributed by atoms with Gasteiger partial charge in [-0.3, -0.25) is 4.98 Å². The first-order valence-corrected chi connectivity index (χ1v) is 11.0. The lowest BCUT2D eigenvalue weighted by Crippen LogP contribution is -2.24. The Labute approximate surface area is 199 Å². The van der Waals surface area contributed by atoms with Crippen molar-refractivity contribution in [2.24, 2.45) is 21.4 Å². The molecule has 0 amide bonds. The van der Waals surface area contributed by atoms with Gasteiger partial charge in [0.25, 0.3) is 0 Å². The van der Waals surface area contributed by atoms with Crippen LogP contribution in [0.25, 0.3) is 11.3 Å². The van der Waals surface area contributed by atoms with E-state index in [4.69, 9.17) is 20.3 Å². The lowest BCUT2D eigenvalue weighted by atomic mass is 10.0. The third-order valence-corrected chi connectivity index (χ3v) is 5.16. The minimum atomic E-state index is -0.595. The first kappa shape index (κ1) is 25.1. The summed E-state index contributed by atoms with van der Waals surface area (Å²) < 4.78 is 12.6. The summed E-state index contributed by atoms with van der Waals surface area (Å²) in [5.41, 5.74) is 3.78. The average molecular weight is 466 g/mol. The van der Waals surface area contributed by atoms with Crippen LogP contribution in [0.3, 0.4) is 0 Å². The van der Waals surface area contributed by atoms with Crippen LogP contribution in [0.2, 0.25) is 0 Å². The lowest BCUT2D eigenvalue weighted by molar-refractivity contribution is -0.111. The molecule has 34 heavy (non-hydrogen) atoms. The number of hydrogen-bond acceptors (Lipinski definition) is 8. The van der Waals surface area contributed by atoms with Gasteiger partial charge in [0.15, 0.2) is 0 Å². The first-order chi connectivity index (χ1) is 16.6. The molecule has 180 valence electrons. The number of hydrazine groups is 1. The van der Waals surface area contributed by atoms with E-state index in [1.165, 1.54) is 5.12 Å². The molecule has 11 nitrogen and oxygen atoms in total. The summed E-state index contributed by atoms with van der Waals surface area (Å²) in [6, 6.07) is 11.9. The number of hydrogen-bond donors (Lipinski definition) is 1. The Hall–Kier alpha value is -3.54. The normalized spacial score (nSPS) is 11.4. The summed E-state index contributed by atoms with van der Waals surface area (Å²) in [7, 11) is 3.15. The molecule has 0 aliphatic rings. The van der Waals surface area contributed by atoms with Crippen molar-refractivity contribution >= 4 is 6.72 Å². The summed E-state index contributed by atoms with van der Waals surface area (Å²) in [6.45, 7) is 6.54. The average Bonchev–Trinajstić information content (AvgIpc) is 3.25. The molecule has 3 aromatic rings. The standard InChI is InChI=1S/C23H31N9O2/c1-5-6-13-31-21(27-22(28-31)23(33-3)34-4)14-17-11-12-20(26-15-17)19-10-8-7-9-18(19)16-32(24)30-29-25-2/h7-12,15,23H,2,5-6,13-14,16,24H2,1,3-4H3/b30-29-. The Kier molecular flexibility index (Phi) is 9.32. The quantitative estimate of drug-likeness (QED) is 0.134. The summed E-state index contributed by atoms with van der Waals surface area (Å²) in [4.78, 5) is 9.37. The second kappa shape index (κ2) is 12.6.